The summed E-state index contributed by atoms with van der Waals surface area (Å²) in [6.45, 7) is 0.565. The second-order valence-electron chi connectivity index (χ2n) is 5.24. The molecule has 1 saturated carbocycles. The van der Waals surface area contributed by atoms with Gasteiger partial charge in [-0.1, -0.05) is 6.42 Å². The Morgan fingerprint density at radius 3 is 2.95 bits per heavy atom. The number of hydrogen-bond donors (Lipinski definition) is 2. The Morgan fingerprint density at radius 1 is 1.38 bits per heavy atom. The largest absolute Gasteiger partial charge is 0.330 e. The van der Waals surface area contributed by atoms with E-state index in [1.807, 2.05) is 0 Å². The molecule has 1 aliphatic rings. The van der Waals surface area contributed by atoms with E-state index < -0.39 is 0 Å². The van der Waals surface area contributed by atoms with Crippen LogP contribution in [0.15, 0.2) is 30.9 Å². The first-order chi connectivity index (χ1) is 10.3. The van der Waals surface area contributed by atoms with E-state index in [0.717, 1.165) is 19.3 Å². The van der Waals surface area contributed by atoms with Crippen molar-refractivity contribution in [1.29, 1.82) is 0 Å². The van der Waals surface area contributed by atoms with Gasteiger partial charge in [0, 0.05) is 18.3 Å². The lowest BCUT2D eigenvalue weighted by molar-refractivity contribution is -0.120. The van der Waals surface area contributed by atoms with Crippen LogP contribution in [0.4, 0.5) is 5.69 Å². The van der Waals surface area contributed by atoms with Crippen LogP contribution in [-0.2, 0) is 4.79 Å². The van der Waals surface area contributed by atoms with Gasteiger partial charge in [-0.25, -0.2) is 14.6 Å². The van der Waals surface area contributed by atoms with Crippen molar-refractivity contribution >= 4 is 11.6 Å². The van der Waals surface area contributed by atoms with Crippen molar-refractivity contribution in [3.05, 3.63) is 30.9 Å². The van der Waals surface area contributed by atoms with E-state index in [1.165, 1.54) is 4.68 Å². The lowest BCUT2D eigenvalue weighted by atomic mass is 9.95. The molecule has 3 rings (SSSR count). The molecule has 0 radical (unpaired) electrons. The van der Waals surface area contributed by atoms with Crippen LogP contribution in [0, 0.1) is 11.8 Å². The van der Waals surface area contributed by atoms with Crippen LogP contribution in [0.25, 0.3) is 5.95 Å². The highest BCUT2D eigenvalue weighted by Crippen LogP contribution is 2.31. The minimum Gasteiger partial charge on any atom is -0.330 e. The summed E-state index contributed by atoms with van der Waals surface area (Å²) in [4.78, 5) is 20.5. The third-order valence-corrected chi connectivity index (χ3v) is 3.91. The second-order valence-corrected chi connectivity index (χ2v) is 5.24. The first-order valence-corrected chi connectivity index (χ1v) is 7.11. The average Bonchev–Trinajstić information content (AvgIpc) is 3.16. The maximum Gasteiger partial charge on any atom is 0.250 e. The summed E-state index contributed by atoms with van der Waals surface area (Å²) in [6.07, 6.45) is 9.60. The highest BCUT2D eigenvalue weighted by molar-refractivity contribution is 5.92. The Labute approximate surface area is 122 Å². The molecule has 3 N–H and O–H groups in total. The summed E-state index contributed by atoms with van der Waals surface area (Å²) in [6, 6.07) is 1.74. The van der Waals surface area contributed by atoms with Crippen LogP contribution in [0.1, 0.15) is 19.3 Å². The molecule has 0 saturated heterocycles. The predicted octanol–water partition coefficient (Wildman–Crippen LogP) is 0.976. The fourth-order valence-electron chi connectivity index (χ4n) is 2.81. The molecule has 2 aromatic heterocycles. The van der Waals surface area contributed by atoms with E-state index in [9.17, 15) is 4.79 Å². The van der Waals surface area contributed by atoms with Gasteiger partial charge in [-0.05, 0) is 31.4 Å². The van der Waals surface area contributed by atoms with E-state index >= 15 is 0 Å². The molecule has 2 atom stereocenters. The first kappa shape index (κ1) is 13.7. The molecule has 7 heteroatoms. The number of nitrogens with zero attached hydrogens (tertiary/aromatic N) is 4. The Hall–Kier alpha value is -2.28. The fourth-order valence-corrected chi connectivity index (χ4v) is 2.81. The zero-order valence-electron chi connectivity index (χ0n) is 11.6. The van der Waals surface area contributed by atoms with Crippen LogP contribution >= 0.6 is 0 Å². The second kappa shape index (κ2) is 6.01. The van der Waals surface area contributed by atoms with Crippen molar-refractivity contribution in [2.45, 2.75) is 19.3 Å². The summed E-state index contributed by atoms with van der Waals surface area (Å²) in [7, 11) is 0. The standard InChI is InChI=1S/C14H18N6O/c15-7-10-3-1-4-12(10)13(21)19-11-8-18-20(9-11)14-16-5-2-6-17-14/h2,5-6,8-10,12H,1,3-4,7,15H2,(H,19,21)/t10-,12-/m1/s1. The van der Waals surface area contributed by atoms with E-state index in [2.05, 4.69) is 20.4 Å². The van der Waals surface area contributed by atoms with Gasteiger partial charge < -0.3 is 11.1 Å². The lowest BCUT2D eigenvalue weighted by Crippen LogP contribution is -2.29. The van der Waals surface area contributed by atoms with Crippen molar-refractivity contribution in [2.75, 3.05) is 11.9 Å². The van der Waals surface area contributed by atoms with Crippen molar-refractivity contribution in [2.24, 2.45) is 17.6 Å². The normalized spacial score (nSPS) is 21.4. The maximum absolute atomic E-state index is 12.3. The van der Waals surface area contributed by atoms with Gasteiger partial charge in [-0.3, -0.25) is 4.79 Å². The molecule has 7 nitrogen and oxygen atoms in total. The summed E-state index contributed by atoms with van der Waals surface area (Å²) in [5, 5.41) is 7.06. The van der Waals surface area contributed by atoms with Crippen LogP contribution in [0.3, 0.4) is 0 Å². The molecule has 21 heavy (non-hydrogen) atoms. The van der Waals surface area contributed by atoms with E-state index in [4.69, 9.17) is 5.73 Å². The van der Waals surface area contributed by atoms with Gasteiger partial charge >= 0.3 is 0 Å². The van der Waals surface area contributed by atoms with Gasteiger partial charge in [-0.15, -0.1) is 0 Å². The number of carbonyl (C=O) groups excluding carboxylic acids is 1. The minimum absolute atomic E-state index is 0.00586. The number of carbonyl (C=O) groups is 1. The van der Waals surface area contributed by atoms with Gasteiger partial charge in [0.2, 0.25) is 11.9 Å². The summed E-state index contributed by atoms with van der Waals surface area (Å²) >= 11 is 0. The van der Waals surface area contributed by atoms with Crippen LogP contribution in [0.2, 0.25) is 0 Å². The van der Waals surface area contributed by atoms with E-state index in [0.29, 0.717) is 18.2 Å². The molecule has 2 heterocycles. The van der Waals surface area contributed by atoms with Crippen LogP contribution < -0.4 is 11.1 Å². The Morgan fingerprint density at radius 2 is 2.19 bits per heavy atom. The topological polar surface area (TPSA) is 98.7 Å². The zero-order valence-corrected chi connectivity index (χ0v) is 11.6. The number of amides is 1. The fraction of sp³-hybridized carbons (Fsp3) is 0.429. The van der Waals surface area contributed by atoms with Crippen LogP contribution in [-0.4, -0.2) is 32.2 Å². The minimum atomic E-state index is 0.00586. The maximum atomic E-state index is 12.3. The predicted molar refractivity (Wildman–Crippen MR) is 77.7 cm³/mol. The molecule has 110 valence electrons. The number of nitrogens with one attached hydrogen (secondary N) is 1. The Bertz CT molecular complexity index is 611. The number of hydrogen-bond acceptors (Lipinski definition) is 5. The van der Waals surface area contributed by atoms with Crippen LogP contribution in [0.5, 0.6) is 0 Å². The summed E-state index contributed by atoms with van der Waals surface area (Å²) in [5.41, 5.74) is 6.37. The van der Waals surface area contributed by atoms with Crippen molar-refractivity contribution in [1.82, 2.24) is 19.7 Å². The molecule has 0 bridgehead atoms. The van der Waals surface area contributed by atoms with Gasteiger partial charge in [0.25, 0.3) is 0 Å². The molecule has 0 aromatic carbocycles. The van der Waals surface area contributed by atoms with Gasteiger partial charge in [0.1, 0.15) is 0 Å². The Balaban J connectivity index is 1.69. The van der Waals surface area contributed by atoms with E-state index in [1.54, 1.807) is 30.9 Å². The monoisotopic (exact) mass is 286 g/mol. The molecule has 0 unspecified atom stereocenters. The van der Waals surface area contributed by atoms with Crippen molar-refractivity contribution < 1.29 is 4.79 Å². The summed E-state index contributed by atoms with van der Waals surface area (Å²) < 4.78 is 1.53. The number of aromatic nitrogens is 4. The molecule has 1 amide bonds. The van der Waals surface area contributed by atoms with Gasteiger partial charge in [-0.2, -0.15) is 5.10 Å². The molecular weight excluding hydrogens is 268 g/mol. The van der Waals surface area contributed by atoms with Crippen molar-refractivity contribution in [3.8, 4) is 5.95 Å². The van der Waals surface area contributed by atoms with E-state index in [-0.39, 0.29) is 17.7 Å². The molecule has 1 fully saturated rings. The highest BCUT2D eigenvalue weighted by atomic mass is 16.1. The van der Waals surface area contributed by atoms with Crippen molar-refractivity contribution in [3.63, 3.8) is 0 Å². The Kier molecular flexibility index (Phi) is 3.92. The zero-order chi connectivity index (χ0) is 14.7. The molecule has 1 aliphatic carbocycles. The highest BCUT2D eigenvalue weighted by Gasteiger charge is 2.32. The number of nitrogens with two attached hydrogens (primary N) is 1. The third kappa shape index (κ3) is 2.92. The smallest absolute Gasteiger partial charge is 0.250 e. The SMILES string of the molecule is NC[C@H]1CCC[C@H]1C(=O)Nc1cnn(-c2ncccn2)c1. The third-order valence-electron chi connectivity index (χ3n) is 3.91. The first-order valence-electron chi connectivity index (χ1n) is 7.11. The lowest BCUT2D eigenvalue weighted by Gasteiger charge is -2.16. The quantitative estimate of drug-likeness (QED) is 0.872. The van der Waals surface area contributed by atoms with Gasteiger partial charge in [0.15, 0.2) is 0 Å². The molecular formula is C14H18N6O. The molecule has 2 aromatic rings. The van der Waals surface area contributed by atoms with Gasteiger partial charge in [0.05, 0.1) is 18.1 Å². The number of anilines is 1. The number of rotatable bonds is 4. The molecule has 0 aliphatic heterocycles. The average molecular weight is 286 g/mol. The summed E-state index contributed by atoms with van der Waals surface area (Å²) in [5.74, 6) is 0.791. The molecule has 0 spiro atoms.